The Morgan fingerprint density at radius 3 is 1.07 bits per heavy atom. The number of allylic oxidation sites excluding steroid dienone is 4. The number of rotatable bonds is 47. The lowest BCUT2D eigenvalue weighted by Gasteiger charge is -2.26. The van der Waals surface area contributed by atoms with Crippen LogP contribution in [0.1, 0.15) is 277 Å². The van der Waals surface area contributed by atoms with Crippen molar-refractivity contribution in [3.8, 4) is 0 Å². The minimum absolute atomic E-state index is 0.154. The van der Waals surface area contributed by atoms with Crippen LogP contribution >= 0.6 is 0 Å². The van der Waals surface area contributed by atoms with Gasteiger partial charge in [0.2, 0.25) is 5.91 Å². The largest absolute Gasteiger partial charge is 0.394 e. The van der Waals surface area contributed by atoms with Crippen LogP contribution in [0.25, 0.3) is 0 Å². The van der Waals surface area contributed by atoms with Gasteiger partial charge in [0, 0.05) is 6.42 Å². The average molecular weight is 804 g/mol. The molecule has 0 aromatic heterocycles. The summed E-state index contributed by atoms with van der Waals surface area (Å²) in [5.74, 6) is -0.154. The van der Waals surface area contributed by atoms with Gasteiger partial charge in [0.15, 0.2) is 0 Å². The Bertz CT molecular complexity index is 844. The quantitative estimate of drug-likeness (QED) is 0.0364. The lowest BCUT2D eigenvalue weighted by molar-refractivity contribution is -0.124. The fourth-order valence-electron chi connectivity index (χ4n) is 8.06. The van der Waals surface area contributed by atoms with Crippen LogP contribution in [-0.4, -0.2) is 46.1 Å². The zero-order chi connectivity index (χ0) is 41.5. The van der Waals surface area contributed by atoms with E-state index in [0.717, 1.165) is 44.9 Å². The molecule has 0 saturated heterocycles. The Balaban J connectivity index is 3.52. The highest BCUT2D eigenvalue weighted by Gasteiger charge is 2.26. The summed E-state index contributed by atoms with van der Waals surface area (Å²) in [6.07, 6.45) is 59.0. The van der Waals surface area contributed by atoms with Crippen molar-refractivity contribution >= 4 is 5.91 Å². The van der Waals surface area contributed by atoms with Gasteiger partial charge in [-0.15, -0.1) is 0 Å². The minimum Gasteiger partial charge on any atom is -0.394 e. The van der Waals surface area contributed by atoms with E-state index < -0.39 is 18.2 Å². The van der Waals surface area contributed by atoms with Crippen LogP contribution in [0.3, 0.4) is 0 Å². The number of aliphatic hydroxyl groups excluding tert-OH is 3. The van der Waals surface area contributed by atoms with Gasteiger partial charge >= 0.3 is 0 Å². The van der Waals surface area contributed by atoms with Crippen molar-refractivity contribution in [2.75, 3.05) is 6.61 Å². The number of aliphatic hydroxyl groups is 3. The molecule has 0 aliphatic heterocycles. The van der Waals surface area contributed by atoms with E-state index in [0.29, 0.717) is 12.8 Å². The molecule has 5 heteroatoms. The second-order valence-electron chi connectivity index (χ2n) is 17.7. The van der Waals surface area contributed by atoms with Gasteiger partial charge in [-0.2, -0.15) is 0 Å². The molecule has 4 N–H and O–H groups in total. The summed E-state index contributed by atoms with van der Waals surface area (Å²) in [7, 11) is 0. The Morgan fingerprint density at radius 2 is 0.719 bits per heavy atom. The maximum absolute atomic E-state index is 12.5. The van der Waals surface area contributed by atoms with Crippen LogP contribution in [0.2, 0.25) is 0 Å². The Labute approximate surface area is 356 Å². The average Bonchev–Trinajstić information content (AvgIpc) is 3.22. The second kappa shape index (κ2) is 47.5. The molecule has 0 spiro atoms. The third kappa shape index (κ3) is 42.8. The molecule has 0 aromatic carbocycles. The molecule has 0 rings (SSSR count). The maximum Gasteiger partial charge on any atom is 0.220 e. The summed E-state index contributed by atoms with van der Waals surface area (Å²) in [5, 5.41) is 33.5. The normalized spacial score (nSPS) is 13.6. The van der Waals surface area contributed by atoms with Gasteiger partial charge < -0.3 is 20.6 Å². The van der Waals surface area contributed by atoms with Gasteiger partial charge in [0.25, 0.3) is 0 Å². The zero-order valence-corrected chi connectivity index (χ0v) is 38.5. The molecule has 338 valence electrons. The first-order valence-electron chi connectivity index (χ1n) is 25.6. The van der Waals surface area contributed by atoms with Crippen molar-refractivity contribution in [3.05, 3.63) is 24.3 Å². The van der Waals surface area contributed by atoms with Crippen LogP contribution < -0.4 is 5.32 Å². The molecule has 1 amide bonds. The van der Waals surface area contributed by atoms with Crippen LogP contribution in [0.4, 0.5) is 0 Å². The molecular weight excluding hydrogens is 703 g/mol. The topological polar surface area (TPSA) is 89.8 Å². The van der Waals surface area contributed by atoms with Crippen LogP contribution in [-0.2, 0) is 4.79 Å². The van der Waals surface area contributed by atoms with Crippen molar-refractivity contribution < 1.29 is 20.1 Å². The third-order valence-electron chi connectivity index (χ3n) is 12.0. The van der Waals surface area contributed by atoms with Crippen LogP contribution in [0.15, 0.2) is 24.3 Å². The van der Waals surface area contributed by atoms with Crippen molar-refractivity contribution in [2.45, 2.75) is 295 Å². The molecule has 0 aliphatic rings. The smallest absolute Gasteiger partial charge is 0.220 e. The lowest BCUT2D eigenvalue weighted by atomic mass is 10.0. The highest BCUT2D eigenvalue weighted by atomic mass is 16.3. The summed E-state index contributed by atoms with van der Waals surface area (Å²) < 4.78 is 0. The predicted molar refractivity (Wildman–Crippen MR) is 250 cm³/mol. The van der Waals surface area contributed by atoms with E-state index in [4.69, 9.17) is 0 Å². The summed E-state index contributed by atoms with van der Waals surface area (Å²) in [6.45, 7) is 4.17. The van der Waals surface area contributed by atoms with E-state index in [1.165, 1.54) is 205 Å². The van der Waals surface area contributed by atoms with E-state index in [-0.39, 0.29) is 12.5 Å². The standard InChI is InChI=1S/C52H101NO4/c1-3-5-7-9-11-13-15-17-19-20-21-22-23-24-25-26-27-28-29-30-31-32-33-35-37-39-41-43-45-47-51(56)53-49(48-54)52(57)50(55)46-44-42-40-38-36-34-18-16-14-12-10-8-6-4-2/h16,18,38,40,49-50,52,54-55,57H,3-15,17,19-37,39,41-48H2,1-2H3,(H,53,56)/b18-16+,40-38+. The molecule has 0 heterocycles. The van der Waals surface area contributed by atoms with Crippen LogP contribution in [0.5, 0.6) is 0 Å². The van der Waals surface area contributed by atoms with Crippen LogP contribution in [0, 0.1) is 0 Å². The lowest BCUT2D eigenvalue weighted by Crippen LogP contribution is -2.50. The molecule has 0 bridgehead atoms. The molecule has 0 aromatic rings. The molecule has 3 atom stereocenters. The van der Waals surface area contributed by atoms with Gasteiger partial charge in [0.1, 0.15) is 6.10 Å². The summed E-state index contributed by atoms with van der Waals surface area (Å²) in [6, 6.07) is -0.829. The summed E-state index contributed by atoms with van der Waals surface area (Å²) >= 11 is 0. The maximum atomic E-state index is 12.5. The van der Waals surface area contributed by atoms with E-state index in [1.807, 2.05) is 0 Å². The molecule has 0 aliphatic carbocycles. The van der Waals surface area contributed by atoms with Gasteiger partial charge in [-0.3, -0.25) is 4.79 Å². The molecular formula is C52H101NO4. The van der Waals surface area contributed by atoms with E-state index in [2.05, 4.69) is 43.5 Å². The third-order valence-corrected chi connectivity index (χ3v) is 12.0. The first kappa shape index (κ1) is 55.8. The van der Waals surface area contributed by atoms with E-state index in [9.17, 15) is 20.1 Å². The molecule has 0 radical (unpaired) electrons. The van der Waals surface area contributed by atoms with Gasteiger partial charge in [-0.25, -0.2) is 0 Å². The molecule has 3 unspecified atom stereocenters. The molecule has 0 saturated carbocycles. The molecule has 57 heavy (non-hydrogen) atoms. The number of carbonyl (C=O) groups is 1. The Kier molecular flexibility index (Phi) is 46.5. The molecule has 5 nitrogen and oxygen atoms in total. The van der Waals surface area contributed by atoms with Crippen molar-refractivity contribution in [3.63, 3.8) is 0 Å². The van der Waals surface area contributed by atoms with Gasteiger partial charge in [-0.1, -0.05) is 244 Å². The fraction of sp³-hybridized carbons (Fsp3) is 0.904. The number of unbranched alkanes of at least 4 members (excludes halogenated alkanes) is 35. The first-order chi connectivity index (χ1) is 28.1. The number of hydrogen-bond acceptors (Lipinski definition) is 4. The van der Waals surface area contributed by atoms with Gasteiger partial charge in [0.05, 0.1) is 18.8 Å². The minimum atomic E-state index is -1.16. The Hall–Kier alpha value is -1.17. The SMILES string of the molecule is CCCCCCC/C=C/CC/C=C/CCCC(O)C(O)C(CO)NC(=O)CCCCCCCCCCCCCCCCCCCCCCCCCCCCCCC. The Morgan fingerprint density at radius 1 is 0.421 bits per heavy atom. The summed E-state index contributed by atoms with van der Waals surface area (Å²) in [4.78, 5) is 12.5. The number of hydrogen-bond donors (Lipinski definition) is 4. The van der Waals surface area contributed by atoms with Crippen molar-refractivity contribution in [1.29, 1.82) is 0 Å². The monoisotopic (exact) mass is 804 g/mol. The highest BCUT2D eigenvalue weighted by Crippen LogP contribution is 2.17. The second-order valence-corrected chi connectivity index (χ2v) is 17.7. The highest BCUT2D eigenvalue weighted by molar-refractivity contribution is 5.76. The fourth-order valence-corrected chi connectivity index (χ4v) is 8.06. The van der Waals surface area contributed by atoms with Gasteiger partial charge in [-0.05, 0) is 51.4 Å². The predicted octanol–water partition coefficient (Wildman–Crippen LogP) is 15.3. The summed E-state index contributed by atoms with van der Waals surface area (Å²) in [5.41, 5.74) is 0. The molecule has 0 fully saturated rings. The number of carbonyl (C=O) groups excluding carboxylic acids is 1. The zero-order valence-electron chi connectivity index (χ0n) is 38.5. The first-order valence-corrected chi connectivity index (χ1v) is 25.6. The number of amides is 1. The van der Waals surface area contributed by atoms with Crippen molar-refractivity contribution in [1.82, 2.24) is 5.32 Å². The number of nitrogens with one attached hydrogen (secondary N) is 1. The van der Waals surface area contributed by atoms with E-state index in [1.54, 1.807) is 0 Å². The van der Waals surface area contributed by atoms with Crippen molar-refractivity contribution in [2.24, 2.45) is 0 Å². The van der Waals surface area contributed by atoms with E-state index >= 15 is 0 Å².